The molecule has 134 valence electrons. The Bertz CT molecular complexity index is 662. The van der Waals surface area contributed by atoms with Gasteiger partial charge in [-0.1, -0.05) is 15.9 Å². The summed E-state index contributed by atoms with van der Waals surface area (Å²) >= 11 is 3.33. The van der Waals surface area contributed by atoms with Crippen molar-refractivity contribution in [2.45, 2.75) is 37.8 Å². The van der Waals surface area contributed by atoms with Gasteiger partial charge in [-0.25, -0.2) is 0 Å². The van der Waals surface area contributed by atoms with Gasteiger partial charge in [0.05, 0.1) is 6.10 Å². The minimum Gasteiger partial charge on any atom is -0.368 e. The second kappa shape index (κ2) is 8.10. The number of hydrogen-bond donors (Lipinski definition) is 1. The van der Waals surface area contributed by atoms with Crippen LogP contribution in [0.25, 0.3) is 0 Å². The summed E-state index contributed by atoms with van der Waals surface area (Å²) < 4.78 is 6.32. The third-order valence-corrected chi connectivity index (χ3v) is 5.17. The first-order valence-corrected chi connectivity index (χ1v) is 9.33. The van der Waals surface area contributed by atoms with E-state index in [1.54, 1.807) is 17.0 Å². The summed E-state index contributed by atoms with van der Waals surface area (Å²) in [6, 6.07) is 6.79. The van der Waals surface area contributed by atoms with E-state index in [4.69, 9.17) is 4.74 Å². The number of nitrogens with one attached hydrogen (secondary N) is 1. The average Bonchev–Trinajstić information content (AvgIpc) is 3.18. The smallest absolute Gasteiger partial charge is 0.251 e. The molecule has 0 saturated carbocycles. The van der Waals surface area contributed by atoms with Crippen LogP contribution in [0.3, 0.4) is 0 Å². The maximum Gasteiger partial charge on any atom is 0.251 e. The molecule has 0 aromatic heterocycles. The van der Waals surface area contributed by atoms with Gasteiger partial charge in [-0.2, -0.15) is 0 Å². The Morgan fingerprint density at radius 2 is 2.00 bits per heavy atom. The monoisotopic (exact) mass is 408 g/mol. The lowest BCUT2D eigenvalue weighted by molar-refractivity contribution is -0.136. The van der Waals surface area contributed by atoms with Crippen LogP contribution in [0.15, 0.2) is 28.7 Å². The van der Waals surface area contributed by atoms with Crippen LogP contribution in [0.1, 0.15) is 36.0 Å². The molecule has 2 saturated heterocycles. The number of unbranched alkanes of at least 4 members (excludes halogenated alkanes) is 1. The molecule has 2 amide bonds. The van der Waals surface area contributed by atoms with Gasteiger partial charge < -0.3 is 15.0 Å². The van der Waals surface area contributed by atoms with Gasteiger partial charge in [0.1, 0.15) is 12.6 Å². The largest absolute Gasteiger partial charge is 0.368 e. The first-order chi connectivity index (χ1) is 12.1. The van der Waals surface area contributed by atoms with E-state index in [0.717, 1.165) is 17.3 Å². The number of nitrogens with zero attached hydrogens (tertiary/aromatic N) is 1. The highest BCUT2D eigenvalue weighted by Crippen LogP contribution is 2.27. The van der Waals surface area contributed by atoms with Crippen molar-refractivity contribution < 1.29 is 19.1 Å². The highest BCUT2D eigenvalue weighted by Gasteiger charge is 2.46. The standard InChI is InChI=1S/C18H21BrN2O4/c19-13-6-4-12(5-7-13)18(24)20-9-2-1-3-16(23)21-10-8-15-17(21)14(22)11-25-15/h4-7,15,17H,1-3,8-11H2,(H,20,24). The molecule has 0 bridgehead atoms. The minimum absolute atomic E-state index is 0.00517. The number of fused-ring (bicyclic) bond motifs is 1. The summed E-state index contributed by atoms with van der Waals surface area (Å²) in [4.78, 5) is 37.8. The molecule has 1 N–H and O–H groups in total. The molecule has 2 aliphatic rings. The lowest BCUT2D eigenvalue weighted by Crippen LogP contribution is -2.41. The zero-order chi connectivity index (χ0) is 17.8. The fraction of sp³-hybridized carbons (Fsp3) is 0.500. The lowest BCUT2D eigenvalue weighted by Gasteiger charge is -2.21. The molecule has 2 heterocycles. The van der Waals surface area contributed by atoms with Crippen molar-refractivity contribution in [2.24, 2.45) is 0 Å². The third kappa shape index (κ3) is 4.27. The van der Waals surface area contributed by atoms with Crippen molar-refractivity contribution in [2.75, 3.05) is 19.7 Å². The molecule has 0 aliphatic carbocycles. The van der Waals surface area contributed by atoms with Crippen molar-refractivity contribution in [3.63, 3.8) is 0 Å². The molecule has 2 fully saturated rings. The number of Topliss-reactive ketones (excluding diaryl/α,β-unsaturated/α-hetero) is 1. The maximum absolute atomic E-state index is 12.3. The van der Waals surface area contributed by atoms with Gasteiger partial charge in [0, 0.05) is 29.5 Å². The summed E-state index contributed by atoms with van der Waals surface area (Å²) in [6.45, 7) is 1.25. The Morgan fingerprint density at radius 1 is 1.24 bits per heavy atom. The quantitative estimate of drug-likeness (QED) is 0.729. The van der Waals surface area contributed by atoms with Gasteiger partial charge in [0.2, 0.25) is 5.91 Å². The summed E-state index contributed by atoms with van der Waals surface area (Å²) in [6.07, 6.45) is 2.43. The van der Waals surface area contributed by atoms with Gasteiger partial charge in [-0.05, 0) is 43.5 Å². The highest BCUT2D eigenvalue weighted by molar-refractivity contribution is 9.10. The van der Waals surface area contributed by atoms with E-state index in [1.807, 2.05) is 12.1 Å². The van der Waals surface area contributed by atoms with Crippen molar-refractivity contribution in [1.82, 2.24) is 10.2 Å². The summed E-state index contributed by atoms with van der Waals surface area (Å²) in [5.41, 5.74) is 0.613. The normalized spacial score (nSPS) is 22.1. The number of likely N-dealkylation sites (tertiary alicyclic amines) is 1. The zero-order valence-electron chi connectivity index (χ0n) is 13.9. The molecule has 2 unspecified atom stereocenters. The van der Waals surface area contributed by atoms with Crippen molar-refractivity contribution >= 4 is 33.5 Å². The van der Waals surface area contributed by atoms with Crippen LogP contribution in [0, 0.1) is 0 Å². The van der Waals surface area contributed by atoms with Crippen molar-refractivity contribution in [1.29, 1.82) is 0 Å². The van der Waals surface area contributed by atoms with E-state index >= 15 is 0 Å². The molecule has 0 spiro atoms. The SMILES string of the molecule is O=C(NCCCCC(=O)N1CCC2OCC(=O)C21)c1ccc(Br)cc1. The van der Waals surface area contributed by atoms with E-state index in [0.29, 0.717) is 31.5 Å². The molecule has 2 atom stereocenters. The average molecular weight is 409 g/mol. The van der Waals surface area contributed by atoms with Gasteiger partial charge in [-0.15, -0.1) is 0 Å². The fourth-order valence-corrected chi connectivity index (χ4v) is 3.59. The Labute approximate surface area is 155 Å². The van der Waals surface area contributed by atoms with Crippen molar-refractivity contribution in [3.05, 3.63) is 34.3 Å². The van der Waals surface area contributed by atoms with Crippen LogP contribution in [-0.2, 0) is 14.3 Å². The molecule has 3 rings (SSSR count). The molecular formula is C18H21BrN2O4. The number of benzene rings is 1. The van der Waals surface area contributed by atoms with Crippen molar-refractivity contribution in [3.8, 4) is 0 Å². The fourth-order valence-electron chi connectivity index (χ4n) is 3.32. The van der Waals surface area contributed by atoms with E-state index < -0.39 is 0 Å². The lowest BCUT2D eigenvalue weighted by atomic mass is 10.1. The van der Waals surface area contributed by atoms with E-state index in [9.17, 15) is 14.4 Å². The predicted molar refractivity (Wildman–Crippen MR) is 95.2 cm³/mol. The number of halogens is 1. The Hall–Kier alpha value is -1.73. The number of ketones is 1. The Balaban J connectivity index is 1.36. The molecular weight excluding hydrogens is 388 g/mol. The Kier molecular flexibility index (Phi) is 5.86. The van der Waals surface area contributed by atoms with E-state index in [2.05, 4.69) is 21.2 Å². The molecule has 0 radical (unpaired) electrons. The second-order valence-corrected chi connectivity index (χ2v) is 7.27. The predicted octanol–water partition coefficient (Wildman–Crippen LogP) is 1.92. The molecule has 2 aliphatic heterocycles. The number of carbonyl (C=O) groups is 3. The second-order valence-electron chi connectivity index (χ2n) is 6.36. The summed E-state index contributed by atoms with van der Waals surface area (Å²) in [5.74, 6) is -0.0990. The maximum atomic E-state index is 12.3. The number of amides is 2. The third-order valence-electron chi connectivity index (χ3n) is 4.64. The van der Waals surface area contributed by atoms with Crippen LogP contribution in [0.2, 0.25) is 0 Å². The van der Waals surface area contributed by atoms with E-state index in [-0.39, 0.29) is 36.4 Å². The zero-order valence-corrected chi connectivity index (χ0v) is 15.5. The van der Waals surface area contributed by atoms with Gasteiger partial charge in [-0.3, -0.25) is 14.4 Å². The molecule has 1 aromatic carbocycles. The van der Waals surface area contributed by atoms with Crippen LogP contribution >= 0.6 is 15.9 Å². The topological polar surface area (TPSA) is 75.7 Å². The van der Waals surface area contributed by atoms with E-state index in [1.165, 1.54) is 0 Å². The number of hydrogen-bond acceptors (Lipinski definition) is 4. The van der Waals surface area contributed by atoms with Crippen LogP contribution in [-0.4, -0.2) is 54.3 Å². The highest BCUT2D eigenvalue weighted by atomic mass is 79.9. The molecule has 7 heteroatoms. The molecule has 25 heavy (non-hydrogen) atoms. The van der Waals surface area contributed by atoms with Crippen LogP contribution in [0.5, 0.6) is 0 Å². The summed E-state index contributed by atoms with van der Waals surface area (Å²) in [7, 11) is 0. The van der Waals surface area contributed by atoms with Crippen LogP contribution < -0.4 is 5.32 Å². The first kappa shape index (κ1) is 18.1. The summed E-state index contributed by atoms with van der Waals surface area (Å²) in [5, 5.41) is 2.85. The van der Waals surface area contributed by atoms with Gasteiger partial charge in [0.15, 0.2) is 5.78 Å². The van der Waals surface area contributed by atoms with Gasteiger partial charge >= 0.3 is 0 Å². The first-order valence-electron chi connectivity index (χ1n) is 8.54. The number of rotatable bonds is 6. The number of carbonyl (C=O) groups excluding carboxylic acids is 3. The molecule has 6 nitrogen and oxygen atoms in total. The van der Waals surface area contributed by atoms with Gasteiger partial charge in [0.25, 0.3) is 5.91 Å². The molecule has 1 aromatic rings. The minimum atomic E-state index is -0.371. The Morgan fingerprint density at radius 3 is 2.76 bits per heavy atom. The van der Waals surface area contributed by atoms with Crippen LogP contribution in [0.4, 0.5) is 0 Å². The number of ether oxygens (including phenoxy) is 1.